The van der Waals surface area contributed by atoms with Gasteiger partial charge in [-0.05, 0) is 23.6 Å². The van der Waals surface area contributed by atoms with Crippen LogP contribution in [-0.2, 0) is 16.9 Å². The lowest BCUT2D eigenvalue weighted by Gasteiger charge is -2.25. The number of hydrogen-bond acceptors (Lipinski definition) is 3. The lowest BCUT2D eigenvalue weighted by atomic mass is 9.87. The van der Waals surface area contributed by atoms with Gasteiger partial charge in [0.05, 0.1) is 18.2 Å². The Morgan fingerprint density at radius 3 is 2.42 bits per heavy atom. The molecular formula is C19H17N3O2. The Morgan fingerprint density at radius 2 is 1.75 bits per heavy atom. The van der Waals surface area contributed by atoms with E-state index in [1.807, 2.05) is 37.3 Å². The molecule has 2 aromatic carbocycles. The summed E-state index contributed by atoms with van der Waals surface area (Å²) in [5, 5.41) is 12.0. The molecule has 3 amide bonds. The monoisotopic (exact) mass is 319 g/mol. The third-order valence-corrected chi connectivity index (χ3v) is 4.44. The first-order chi connectivity index (χ1) is 11.6. The van der Waals surface area contributed by atoms with Crippen molar-refractivity contribution in [2.24, 2.45) is 0 Å². The maximum absolute atomic E-state index is 13.0. The molecule has 0 aliphatic carbocycles. The van der Waals surface area contributed by atoms with Gasteiger partial charge in [-0.2, -0.15) is 5.26 Å². The van der Waals surface area contributed by atoms with Crippen LogP contribution in [0.25, 0.3) is 0 Å². The van der Waals surface area contributed by atoms with E-state index in [9.17, 15) is 14.9 Å². The van der Waals surface area contributed by atoms with E-state index in [1.54, 1.807) is 24.3 Å². The van der Waals surface area contributed by atoms with E-state index >= 15 is 0 Å². The highest BCUT2D eigenvalue weighted by Crippen LogP contribution is 2.33. The fourth-order valence-corrected chi connectivity index (χ4v) is 3.07. The van der Waals surface area contributed by atoms with E-state index in [4.69, 9.17) is 0 Å². The second-order valence-corrected chi connectivity index (χ2v) is 5.72. The van der Waals surface area contributed by atoms with Crippen LogP contribution in [0.15, 0.2) is 54.6 Å². The Balaban J connectivity index is 1.96. The second kappa shape index (κ2) is 6.17. The van der Waals surface area contributed by atoms with Gasteiger partial charge in [-0.15, -0.1) is 0 Å². The van der Waals surface area contributed by atoms with Crippen molar-refractivity contribution in [2.75, 3.05) is 0 Å². The van der Waals surface area contributed by atoms with Crippen molar-refractivity contribution in [3.05, 3.63) is 71.3 Å². The Labute approximate surface area is 140 Å². The topological polar surface area (TPSA) is 73.2 Å². The molecule has 1 aliphatic heterocycles. The number of carbonyl (C=O) groups excluding carboxylic acids is 2. The Kier molecular flexibility index (Phi) is 4.05. The predicted molar refractivity (Wildman–Crippen MR) is 88.6 cm³/mol. The van der Waals surface area contributed by atoms with Crippen LogP contribution in [-0.4, -0.2) is 16.8 Å². The van der Waals surface area contributed by atoms with Crippen molar-refractivity contribution in [1.29, 1.82) is 5.26 Å². The van der Waals surface area contributed by atoms with Gasteiger partial charge >= 0.3 is 6.03 Å². The van der Waals surface area contributed by atoms with E-state index in [0.717, 1.165) is 5.56 Å². The smallest absolute Gasteiger partial charge is 0.319 e. The predicted octanol–water partition coefficient (Wildman–Crippen LogP) is 2.92. The zero-order chi connectivity index (χ0) is 17.2. The van der Waals surface area contributed by atoms with Crippen LogP contribution in [0.4, 0.5) is 4.79 Å². The van der Waals surface area contributed by atoms with Gasteiger partial charge in [0.1, 0.15) is 5.54 Å². The molecule has 0 unspecified atom stereocenters. The third-order valence-electron chi connectivity index (χ3n) is 4.44. The number of benzene rings is 2. The standard InChI is InChI=1S/C19H17N3O2/c1-2-19(16-10-4-3-5-11-16)17(23)22(18(24)21-19)13-15-9-7-6-8-14(15)12-20/h3-11H,2,13H2,1H3,(H,21,24)/t19-/m0/s1. The molecule has 1 heterocycles. The van der Waals surface area contributed by atoms with E-state index in [2.05, 4.69) is 11.4 Å². The molecule has 3 rings (SSSR count). The molecule has 1 saturated heterocycles. The molecule has 120 valence electrons. The van der Waals surface area contributed by atoms with Gasteiger partial charge in [0, 0.05) is 0 Å². The molecule has 5 heteroatoms. The van der Waals surface area contributed by atoms with Gasteiger partial charge in [0.15, 0.2) is 0 Å². The molecule has 24 heavy (non-hydrogen) atoms. The molecule has 0 saturated carbocycles. The van der Waals surface area contributed by atoms with Gasteiger partial charge in [-0.25, -0.2) is 4.79 Å². The molecular weight excluding hydrogens is 302 g/mol. The molecule has 1 N–H and O–H groups in total. The molecule has 2 aromatic rings. The van der Waals surface area contributed by atoms with Crippen LogP contribution in [0.2, 0.25) is 0 Å². The van der Waals surface area contributed by atoms with Crippen LogP contribution in [0, 0.1) is 11.3 Å². The van der Waals surface area contributed by atoms with Gasteiger partial charge in [0.2, 0.25) is 0 Å². The summed E-state index contributed by atoms with van der Waals surface area (Å²) in [6.45, 7) is 1.96. The largest absolute Gasteiger partial charge is 0.325 e. The molecule has 0 bridgehead atoms. The number of nitriles is 1. The Bertz CT molecular complexity index is 826. The number of nitrogens with one attached hydrogen (secondary N) is 1. The van der Waals surface area contributed by atoms with Gasteiger partial charge < -0.3 is 5.32 Å². The van der Waals surface area contributed by atoms with Crippen molar-refractivity contribution >= 4 is 11.9 Å². The number of urea groups is 1. The van der Waals surface area contributed by atoms with Crippen LogP contribution in [0.3, 0.4) is 0 Å². The highest BCUT2D eigenvalue weighted by atomic mass is 16.2. The van der Waals surface area contributed by atoms with Gasteiger partial charge in [-0.1, -0.05) is 55.5 Å². The molecule has 1 aliphatic rings. The molecule has 1 atom stereocenters. The minimum Gasteiger partial charge on any atom is -0.319 e. The first-order valence-electron chi connectivity index (χ1n) is 7.80. The Hall–Kier alpha value is -3.13. The van der Waals surface area contributed by atoms with E-state index in [-0.39, 0.29) is 12.5 Å². The molecule has 1 fully saturated rings. The van der Waals surface area contributed by atoms with Crippen LogP contribution < -0.4 is 5.32 Å². The number of imide groups is 1. The molecule has 0 spiro atoms. The molecule has 0 radical (unpaired) electrons. The van der Waals surface area contributed by atoms with E-state index < -0.39 is 11.6 Å². The van der Waals surface area contributed by atoms with Crippen molar-refractivity contribution in [3.8, 4) is 6.07 Å². The summed E-state index contributed by atoms with van der Waals surface area (Å²) in [4.78, 5) is 26.7. The average molecular weight is 319 g/mol. The maximum atomic E-state index is 13.0. The van der Waals surface area contributed by atoms with E-state index in [0.29, 0.717) is 17.5 Å². The third kappa shape index (κ3) is 2.42. The lowest BCUT2D eigenvalue weighted by molar-refractivity contribution is -0.132. The first-order valence-corrected chi connectivity index (χ1v) is 7.80. The Morgan fingerprint density at radius 1 is 1.08 bits per heavy atom. The highest BCUT2D eigenvalue weighted by Gasteiger charge is 2.51. The normalized spacial score (nSPS) is 19.9. The van der Waals surface area contributed by atoms with Crippen LogP contribution in [0.5, 0.6) is 0 Å². The number of carbonyl (C=O) groups is 2. The summed E-state index contributed by atoms with van der Waals surface area (Å²) in [5.41, 5.74) is 0.845. The summed E-state index contributed by atoms with van der Waals surface area (Å²) in [7, 11) is 0. The first kappa shape index (κ1) is 15.8. The second-order valence-electron chi connectivity index (χ2n) is 5.72. The quantitative estimate of drug-likeness (QED) is 0.881. The highest BCUT2D eigenvalue weighted by molar-refractivity contribution is 6.07. The van der Waals surface area contributed by atoms with Gasteiger partial charge in [0.25, 0.3) is 5.91 Å². The summed E-state index contributed by atoms with van der Waals surface area (Å²) in [6, 6.07) is 17.9. The number of rotatable bonds is 4. The van der Waals surface area contributed by atoms with Crippen molar-refractivity contribution in [2.45, 2.75) is 25.4 Å². The SMILES string of the molecule is CC[C@@]1(c2ccccc2)NC(=O)N(Cc2ccccc2C#N)C1=O. The lowest BCUT2D eigenvalue weighted by Crippen LogP contribution is -2.43. The van der Waals surface area contributed by atoms with Crippen molar-refractivity contribution < 1.29 is 9.59 Å². The zero-order valence-corrected chi connectivity index (χ0v) is 13.3. The summed E-state index contributed by atoms with van der Waals surface area (Å²) in [5.74, 6) is -0.283. The maximum Gasteiger partial charge on any atom is 0.325 e. The number of amides is 3. The zero-order valence-electron chi connectivity index (χ0n) is 13.3. The summed E-state index contributed by atoms with van der Waals surface area (Å²) in [6.07, 6.45) is 0.456. The molecule has 0 aromatic heterocycles. The van der Waals surface area contributed by atoms with Crippen molar-refractivity contribution in [1.82, 2.24) is 10.2 Å². The molecule has 5 nitrogen and oxygen atoms in total. The summed E-state index contributed by atoms with van der Waals surface area (Å²) >= 11 is 0. The minimum atomic E-state index is -1.04. The fraction of sp³-hybridized carbons (Fsp3) is 0.211. The van der Waals surface area contributed by atoms with Crippen LogP contribution >= 0.6 is 0 Å². The van der Waals surface area contributed by atoms with E-state index in [1.165, 1.54) is 4.90 Å². The number of hydrogen-bond donors (Lipinski definition) is 1. The minimum absolute atomic E-state index is 0.0863. The number of nitrogens with zero attached hydrogens (tertiary/aromatic N) is 2. The van der Waals surface area contributed by atoms with Crippen molar-refractivity contribution in [3.63, 3.8) is 0 Å². The average Bonchev–Trinajstić information content (AvgIpc) is 2.88. The fourth-order valence-electron chi connectivity index (χ4n) is 3.07. The van der Waals surface area contributed by atoms with Gasteiger partial charge in [-0.3, -0.25) is 9.69 Å². The summed E-state index contributed by atoms with van der Waals surface area (Å²) < 4.78 is 0. The van der Waals surface area contributed by atoms with Crippen LogP contribution in [0.1, 0.15) is 30.0 Å².